The number of hydrogen-bond donors (Lipinski definition) is 1. The van der Waals surface area contributed by atoms with Gasteiger partial charge >= 0.3 is 0 Å². The zero-order chi connectivity index (χ0) is 17.4. The summed E-state index contributed by atoms with van der Waals surface area (Å²) in [6, 6.07) is 7.91. The number of halogens is 1. The van der Waals surface area contributed by atoms with E-state index in [2.05, 4.69) is 20.9 Å². The third-order valence-corrected chi connectivity index (χ3v) is 5.37. The van der Waals surface area contributed by atoms with Crippen LogP contribution < -0.4 is 4.90 Å². The second kappa shape index (κ2) is 6.65. The van der Waals surface area contributed by atoms with Crippen molar-refractivity contribution in [3.05, 3.63) is 53.7 Å². The van der Waals surface area contributed by atoms with Crippen molar-refractivity contribution in [2.75, 3.05) is 18.0 Å². The molecule has 3 aromatic rings. The summed E-state index contributed by atoms with van der Waals surface area (Å²) in [5, 5.41) is 12.5. The van der Waals surface area contributed by atoms with E-state index in [0.29, 0.717) is 5.02 Å². The highest BCUT2D eigenvalue weighted by Gasteiger charge is 2.29. The van der Waals surface area contributed by atoms with Crippen molar-refractivity contribution in [3.63, 3.8) is 0 Å². The zero-order valence-electron chi connectivity index (χ0n) is 14.1. The molecule has 1 aliphatic heterocycles. The first-order valence-electron chi connectivity index (χ1n) is 8.58. The molecule has 4 rings (SSSR count). The van der Waals surface area contributed by atoms with Crippen molar-refractivity contribution < 1.29 is 5.11 Å². The van der Waals surface area contributed by atoms with Crippen LogP contribution in [0.1, 0.15) is 24.8 Å². The van der Waals surface area contributed by atoms with E-state index < -0.39 is 6.10 Å². The molecule has 2 aromatic heterocycles. The average Bonchev–Trinajstić information content (AvgIpc) is 3.06. The molecule has 1 unspecified atom stereocenters. The lowest BCUT2D eigenvalue weighted by molar-refractivity contribution is 0.0825. The van der Waals surface area contributed by atoms with Crippen molar-refractivity contribution in [1.29, 1.82) is 0 Å². The van der Waals surface area contributed by atoms with E-state index in [9.17, 15) is 5.11 Å². The molecule has 0 amide bonds. The van der Waals surface area contributed by atoms with Crippen LogP contribution in [0.2, 0.25) is 5.02 Å². The maximum atomic E-state index is 10.6. The first-order chi connectivity index (χ1) is 12.1. The van der Waals surface area contributed by atoms with E-state index >= 15 is 0 Å². The number of aryl methyl sites for hydroxylation is 1. The second-order valence-electron chi connectivity index (χ2n) is 6.66. The SMILES string of the molecule is Cn1ccnc1C(O)C1CCN(c2ccnc3cc(Cl)ccc23)CC1. The van der Waals surface area contributed by atoms with Crippen LogP contribution in [0.25, 0.3) is 10.9 Å². The Labute approximate surface area is 151 Å². The highest BCUT2D eigenvalue weighted by Crippen LogP contribution is 2.34. The van der Waals surface area contributed by atoms with E-state index in [1.54, 1.807) is 6.20 Å². The quantitative estimate of drug-likeness (QED) is 0.779. The summed E-state index contributed by atoms with van der Waals surface area (Å²) in [6.07, 6.45) is 6.82. The lowest BCUT2D eigenvalue weighted by Crippen LogP contribution is -2.36. The average molecular weight is 357 g/mol. The summed E-state index contributed by atoms with van der Waals surface area (Å²) in [4.78, 5) is 11.1. The van der Waals surface area contributed by atoms with Crippen LogP contribution in [-0.2, 0) is 7.05 Å². The molecule has 1 atom stereocenters. The minimum Gasteiger partial charge on any atom is -0.385 e. The van der Waals surface area contributed by atoms with Crippen molar-refractivity contribution >= 4 is 28.2 Å². The molecule has 5 nitrogen and oxygen atoms in total. The lowest BCUT2D eigenvalue weighted by atomic mass is 9.90. The fraction of sp³-hybridized carbons (Fsp3) is 0.368. The Bertz CT molecular complexity index is 886. The minimum absolute atomic E-state index is 0.236. The number of rotatable bonds is 3. The standard InChI is InChI=1S/C19H21ClN4O/c1-23-11-8-22-19(23)18(25)13-5-9-24(10-6-13)17-4-7-21-16-12-14(20)2-3-15(16)17/h2-4,7-8,11-13,18,25H,5-6,9-10H2,1H3. The summed E-state index contributed by atoms with van der Waals surface area (Å²) >= 11 is 6.08. The van der Waals surface area contributed by atoms with Crippen molar-refractivity contribution in [1.82, 2.24) is 14.5 Å². The summed E-state index contributed by atoms with van der Waals surface area (Å²) < 4.78 is 1.90. The number of piperidine rings is 1. The molecule has 1 aromatic carbocycles. The van der Waals surface area contributed by atoms with Crippen molar-refractivity contribution in [3.8, 4) is 0 Å². The van der Waals surface area contributed by atoms with Crippen molar-refractivity contribution in [2.45, 2.75) is 18.9 Å². The van der Waals surface area contributed by atoms with Gasteiger partial charge in [0.05, 0.1) is 5.52 Å². The number of fused-ring (bicyclic) bond motifs is 1. The molecule has 1 fully saturated rings. The van der Waals surface area contributed by atoms with Gasteiger partial charge in [-0.25, -0.2) is 4.98 Å². The van der Waals surface area contributed by atoms with Gasteiger partial charge in [-0.15, -0.1) is 0 Å². The molecule has 0 bridgehead atoms. The number of nitrogens with zero attached hydrogens (tertiary/aromatic N) is 4. The molecule has 25 heavy (non-hydrogen) atoms. The van der Waals surface area contributed by atoms with Gasteiger partial charge in [-0.2, -0.15) is 0 Å². The monoisotopic (exact) mass is 356 g/mol. The van der Waals surface area contributed by atoms with Gasteiger partial charge in [0.2, 0.25) is 0 Å². The Hall–Kier alpha value is -2.11. The second-order valence-corrected chi connectivity index (χ2v) is 7.09. The fourth-order valence-electron chi connectivity index (χ4n) is 3.71. The number of pyridine rings is 1. The Kier molecular flexibility index (Phi) is 4.36. The summed E-state index contributed by atoms with van der Waals surface area (Å²) in [7, 11) is 1.93. The molecule has 0 aliphatic carbocycles. The summed E-state index contributed by atoms with van der Waals surface area (Å²) in [6.45, 7) is 1.82. The third kappa shape index (κ3) is 3.10. The Balaban J connectivity index is 1.52. The van der Waals surface area contributed by atoms with Crippen LogP contribution in [0.4, 0.5) is 5.69 Å². The van der Waals surface area contributed by atoms with E-state index in [4.69, 9.17) is 11.6 Å². The number of aromatic nitrogens is 3. The van der Waals surface area contributed by atoms with Gasteiger partial charge in [0.15, 0.2) is 0 Å². The molecule has 6 heteroatoms. The molecule has 1 saturated heterocycles. The van der Waals surface area contributed by atoms with Gasteiger partial charge in [-0.05, 0) is 43.0 Å². The third-order valence-electron chi connectivity index (χ3n) is 5.13. The van der Waals surface area contributed by atoms with Gasteiger partial charge in [-0.1, -0.05) is 11.6 Å². The molecule has 0 radical (unpaired) electrons. The van der Waals surface area contributed by atoms with Gasteiger partial charge in [0.25, 0.3) is 0 Å². The molecule has 3 heterocycles. The molecular formula is C19H21ClN4O. The van der Waals surface area contributed by atoms with Crippen LogP contribution in [0.5, 0.6) is 0 Å². The van der Waals surface area contributed by atoms with Crippen LogP contribution >= 0.6 is 11.6 Å². The largest absolute Gasteiger partial charge is 0.385 e. The number of aliphatic hydroxyl groups is 1. The molecular weight excluding hydrogens is 336 g/mol. The lowest BCUT2D eigenvalue weighted by Gasteiger charge is -2.35. The Morgan fingerprint density at radius 1 is 1.16 bits per heavy atom. The number of anilines is 1. The minimum atomic E-state index is -0.504. The molecule has 1 aliphatic rings. The molecule has 0 saturated carbocycles. The van der Waals surface area contributed by atoms with Crippen LogP contribution in [0.15, 0.2) is 42.9 Å². The molecule has 0 spiro atoms. The van der Waals surface area contributed by atoms with Gasteiger partial charge in [0, 0.05) is 54.8 Å². The number of aliphatic hydroxyl groups excluding tert-OH is 1. The molecule has 1 N–H and O–H groups in total. The maximum Gasteiger partial charge on any atom is 0.137 e. The van der Waals surface area contributed by atoms with E-state index in [1.807, 2.05) is 42.2 Å². The number of hydrogen-bond acceptors (Lipinski definition) is 4. The van der Waals surface area contributed by atoms with E-state index in [-0.39, 0.29) is 5.92 Å². The van der Waals surface area contributed by atoms with Gasteiger partial charge in [0.1, 0.15) is 11.9 Å². The first-order valence-corrected chi connectivity index (χ1v) is 8.96. The zero-order valence-corrected chi connectivity index (χ0v) is 14.9. The maximum absolute atomic E-state index is 10.6. The normalized spacial score (nSPS) is 17.2. The highest BCUT2D eigenvalue weighted by atomic mass is 35.5. The predicted molar refractivity (Wildman–Crippen MR) is 99.9 cm³/mol. The van der Waals surface area contributed by atoms with Crippen LogP contribution in [0.3, 0.4) is 0 Å². The van der Waals surface area contributed by atoms with Gasteiger partial charge < -0.3 is 14.6 Å². The first kappa shape index (κ1) is 16.4. The predicted octanol–water partition coefficient (Wildman–Crippen LogP) is 3.57. The van der Waals surface area contributed by atoms with E-state index in [1.165, 1.54) is 5.69 Å². The van der Waals surface area contributed by atoms with Gasteiger partial charge in [-0.3, -0.25) is 4.98 Å². The fourth-order valence-corrected chi connectivity index (χ4v) is 3.88. The van der Waals surface area contributed by atoms with E-state index in [0.717, 1.165) is 42.7 Å². The topological polar surface area (TPSA) is 54.2 Å². The number of benzene rings is 1. The summed E-state index contributed by atoms with van der Waals surface area (Å²) in [5.41, 5.74) is 2.10. The smallest absolute Gasteiger partial charge is 0.137 e. The van der Waals surface area contributed by atoms with Crippen LogP contribution in [0, 0.1) is 5.92 Å². The van der Waals surface area contributed by atoms with Crippen molar-refractivity contribution in [2.24, 2.45) is 13.0 Å². The molecule has 130 valence electrons. The highest BCUT2D eigenvalue weighted by molar-refractivity contribution is 6.31. The Morgan fingerprint density at radius 3 is 2.68 bits per heavy atom. The summed E-state index contributed by atoms with van der Waals surface area (Å²) in [5.74, 6) is 0.988. The Morgan fingerprint density at radius 2 is 1.96 bits per heavy atom. The van der Waals surface area contributed by atoms with Crippen LogP contribution in [-0.4, -0.2) is 32.7 Å². The number of imidazole rings is 1.